The van der Waals surface area contributed by atoms with E-state index in [4.69, 9.17) is 28.5 Å². The standard InChI is InChI=1S/C18H11Cl2N5O/c19-12-5-3-6-13(20)16(12)25-17(26)15-8-9-22-18(24-15)23-14-7-2-1-4-11(14)10-21/h1-9H,(H,25,26)(H,22,23,24). The van der Waals surface area contributed by atoms with Gasteiger partial charge in [-0.3, -0.25) is 4.79 Å². The van der Waals surface area contributed by atoms with Gasteiger partial charge in [-0.2, -0.15) is 5.26 Å². The summed E-state index contributed by atoms with van der Waals surface area (Å²) in [6.45, 7) is 0. The Hall–Kier alpha value is -3.14. The summed E-state index contributed by atoms with van der Waals surface area (Å²) >= 11 is 12.1. The fraction of sp³-hybridized carbons (Fsp3) is 0. The van der Waals surface area contributed by atoms with Crippen molar-refractivity contribution in [2.45, 2.75) is 0 Å². The fourth-order valence-corrected chi connectivity index (χ4v) is 2.64. The van der Waals surface area contributed by atoms with Crippen LogP contribution in [0.25, 0.3) is 0 Å². The van der Waals surface area contributed by atoms with Crippen LogP contribution >= 0.6 is 23.2 Å². The lowest BCUT2D eigenvalue weighted by atomic mass is 10.2. The van der Waals surface area contributed by atoms with Crippen molar-refractivity contribution < 1.29 is 4.79 Å². The molecule has 26 heavy (non-hydrogen) atoms. The van der Waals surface area contributed by atoms with Crippen molar-refractivity contribution >= 4 is 46.4 Å². The average molecular weight is 384 g/mol. The molecule has 0 radical (unpaired) electrons. The minimum Gasteiger partial charge on any atom is -0.323 e. The predicted octanol–water partition coefficient (Wildman–Crippen LogP) is 4.65. The Balaban J connectivity index is 1.83. The molecule has 0 saturated carbocycles. The molecule has 0 bridgehead atoms. The highest BCUT2D eigenvalue weighted by atomic mass is 35.5. The highest BCUT2D eigenvalue weighted by Crippen LogP contribution is 2.30. The number of benzene rings is 2. The molecule has 0 aliphatic rings. The van der Waals surface area contributed by atoms with E-state index in [-0.39, 0.29) is 11.6 Å². The number of amides is 1. The lowest BCUT2D eigenvalue weighted by Crippen LogP contribution is -2.15. The molecule has 3 rings (SSSR count). The molecule has 2 aromatic carbocycles. The third-order valence-corrected chi connectivity index (χ3v) is 4.01. The summed E-state index contributed by atoms with van der Waals surface area (Å²) in [4.78, 5) is 20.7. The first kappa shape index (κ1) is 17.7. The van der Waals surface area contributed by atoms with Crippen molar-refractivity contribution in [1.82, 2.24) is 9.97 Å². The Morgan fingerprint density at radius 1 is 1.04 bits per heavy atom. The van der Waals surface area contributed by atoms with Crippen LogP contribution in [0, 0.1) is 11.3 Å². The van der Waals surface area contributed by atoms with Gasteiger partial charge in [0.2, 0.25) is 5.95 Å². The van der Waals surface area contributed by atoms with Gasteiger partial charge in [0.05, 0.1) is 27.0 Å². The molecule has 0 aliphatic heterocycles. The second kappa shape index (κ2) is 7.83. The van der Waals surface area contributed by atoms with E-state index in [9.17, 15) is 4.79 Å². The van der Waals surface area contributed by atoms with Crippen molar-refractivity contribution in [3.63, 3.8) is 0 Å². The first-order chi connectivity index (χ1) is 12.6. The minimum atomic E-state index is -0.487. The second-order valence-electron chi connectivity index (χ2n) is 5.10. The zero-order valence-corrected chi connectivity index (χ0v) is 14.7. The second-order valence-corrected chi connectivity index (χ2v) is 5.91. The molecule has 0 saturated heterocycles. The van der Waals surface area contributed by atoms with Gasteiger partial charge in [-0.05, 0) is 30.3 Å². The summed E-state index contributed by atoms with van der Waals surface area (Å²) in [5, 5.41) is 15.3. The molecular weight excluding hydrogens is 373 g/mol. The molecule has 3 aromatic rings. The Morgan fingerprint density at radius 2 is 1.77 bits per heavy atom. The number of hydrogen-bond donors (Lipinski definition) is 2. The van der Waals surface area contributed by atoms with E-state index in [1.165, 1.54) is 12.3 Å². The lowest BCUT2D eigenvalue weighted by molar-refractivity contribution is 0.102. The van der Waals surface area contributed by atoms with Gasteiger partial charge in [0.15, 0.2) is 0 Å². The molecular formula is C18H11Cl2N5O. The van der Waals surface area contributed by atoms with Gasteiger partial charge in [0.1, 0.15) is 11.8 Å². The van der Waals surface area contributed by atoms with Crippen LogP contribution in [0.4, 0.5) is 17.3 Å². The number of nitrogens with one attached hydrogen (secondary N) is 2. The number of carbonyl (C=O) groups is 1. The fourth-order valence-electron chi connectivity index (χ4n) is 2.15. The maximum absolute atomic E-state index is 12.4. The van der Waals surface area contributed by atoms with Crippen LogP contribution < -0.4 is 10.6 Å². The Bertz CT molecular complexity index is 996. The molecule has 0 aliphatic carbocycles. The van der Waals surface area contributed by atoms with Gasteiger partial charge in [-0.15, -0.1) is 0 Å². The molecule has 128 valence electrons. The van der Waals surface area contributed by atoms with Gasteiger partial charge in [0, 0.05) is 6.20 Å². The van der Waals surface area contributed by atoms with Gasteiger partial charge in [-0.1, -0.05) is 41.4 Å². The van der Waals surface area contributed by atoms with E-state index in [1.807, 2.05) is 0 Å². The summed E-state index contributed by atoms with van der Waals surface area (Å²) in [7, 11) is 0. The molecule has 2 N–H and O–H groups in total. The number of para-hydroxylation sites is 2. The number of hydrogen-bond acceptors (Lipinski definition) is 5. The number of halogens is 2. The molecule has 0 unspecified atom stereocenters. The number of aromatic nitrogens is 2. The van der Waals surface area contributed by atoms with Crippen molar-refractivity contribution in [1.29, 1.82) is 5.26 Å². The van der Waals surface area contributed by atoms with Crippen molar-refractivity contribution in [3.05, 3.63) is 76.0 Å². The Morgan fingerprint density at radius 3 is 2.50 bits per heavy atom. The largest absolute Gasteiger partial charge is 0.323 e. The topological polar surface area (TPSA) is 90.7 Å². The van der Waals surface area contributed by atoms with E-state index >= 15 is 0 Å². The molecule has 1 aromatic heterocycles. The SMILES string of the molecule is N#Cc1ccccc1Nc1nccc(C(=O)Nc2c(Cl)cccc2Cl)n1. The van der Waals surface area contributed by atoms with Gasteiger partial charge < -0.3 is 10.6 Å². The summed E-state index contributed by atoms with van der Waals surface area (Å²) in [5.74, 6) is -0.301. The number of carbonyl (C=O) groups excluding carboxylic acids is 1. The smallest absolute Gasteiger partial charge is 0.274 e. The molecule has 0 spiro atoms. The van der Waals surface area contributed by atoms with E-state index in [2.05, 4.69) is 26.7 Å². The minimum absolute atomic E-state index is 0.118. The van der Waals surface area contributed by atoms with Gasteiger partial charge >= 0.3 is 0 Å². The Kier molecular flexibility index (Phi) is 5.32. The lowest BCUT2D eigenvalue weighted by Gasteiger charge is -2.10. The molecule has 6 nitrogen and oxygen atoms in total. The van der Waals surface area contributed by atoms with Crippen molar-refractivity contribution in [2.75, 3.05) is 10.6 Å². The van der Waals surface area contributed by atoms with Gasteiger partial charge in [0.25, 0.3) is 5.91 Å². The maximum Gasteiger partial charge on any atom is 0.274 e. The zero-order valence-electron chi connectivity index (χ0n) is 13.2. The third kappa shape index (κ3) is 3.91. The predicted molar refractivity (Wildman–Crippen MR) is 101 cm³/mol. The van der Waals surface area contributed by atoms with Crippen LogP contribution in [0.1, 0.15) is 16.1 Å². The van der Waals surface area contributed by atoms with Crippen molar-refractivity contribution in [2.24, 2.45) is 0 Å². The van der Waals surface area contributed by atoms with Crippen molar-refractivity contribution in [3.8, 4) is 6.07 Å². The number of nitrogens with zero attached hydrogens (tertiary/aromatic N) is 3. The van der Waals surface area contributed by atoms with Crippen LogP contribution in [0.5, 0.6) is 0 Å². The quantitative estimate of drug-likeness (QED) is 0.683. The van der Waals surface area contributed by atoms with E-state index in [1.54, 1.807) is 42.5 Å². The normalized spacial score (nSPS) is 10.0. The summed E-state index contributed by atoms with van der Waals surface area (Å²) in [5.41, 5.74) is 1.41. The van der Waals surface area contributed by atoms with Crippen LogP contribution in [0.15, 0.2) is 54.7 Å². The van der Waals surface area contributed by atoms with Crippen LogP contribution in [0.3, 0.4) is 0 Å². The number of nitriles is 1. The zero-order chi connectivity index (χ0) is 18.5. The molecule has 0 fully saturated rings. The highest BCUT2D eigenvalue weighted by molar-refractivity contribution is 6.40. The average Bonchev–Trinajstić information content (AvgIpc) is 2.65. The number of rotatable bonds is 4. The van der Waals surface area contributed by atoms with Crippen LogP contribution in [0.2, 0.25) is 10.0 Å². The Labute approximate surface area is 159 Å². The van der Waals surface area contributed by atoms with E-state index in [0.717, 1.165) is 0 Å². The molecule has 1 amide bonds. The molecule has 8 heteroatoms. The summed E-state index contributed by atoms with van der Waals surface area (Å²) < 4.78 is 0. The van der Waals surface area contributed by atoms with Gasteiger partial charge in [-0.25, -0.2) is 9.97 Å². The summed E-state index contributed by atoms with van der Waals surface area (Å²) in [6, 6.07) is 15.4. The summed E-state index contributed by atoms with van der Waals surface area (Å²) in [6.07, 6.45) is 1.44. The maximum atomic E-state index is 12.4. The molecule has 0 atom stereocenters. The third-order valence-electron chi connectivity index (χ3n) is 3.38. The monoisotopic (exact) mass is 383 g/mol. The highest BCUT2D eigenvalue weighted by Gasteiger charge is 2.14. The first-order valence-electron chi connectivity index (χ1n) is 7.43. The van der Waals surface area contributed by atoms with E-state index < -0.39 is 5.91 Å². The number of anilines is 3. The first-order valence-corrected chi connectivity index (χ1v) is 8.18. The molecule has 1 heterocycles. The van der Waals surface area contributed by atoms with Crippen LogP contribution in [-0.4, -0.2) is 15.9 Å². The van der Waals surface area contributed by atoms with E-state index in [0.29, 0.717) is 27.0 Å². The van der Waals surface area contributed by atoms with Crippen LogP contribution in [-0.2, 0) is 0 Å².